The third kappa shape index (κ3) is 6.23. The van der Waals surface area contributed by atoms with E-state index in [1.807, 2.05) is 4.90 Å². The molecule has 1 heterocycles. The zero-order valence-electron chi connectivity index (χ0n) is 13.7. The molecule has 0 saturated carbocycles. The highest BCUT2D eigenvalue weighted by Gasteiger charge is 2.26. The number of carbonyl (C=O) groups is 1. The third-order valence-corrected chi connectivity index (χ3v) is 3.81. The molecule has 1 saturated heterocycles. The maximum atomic E-state index is 12.5. The van der Waals surface area contributed by atoms with Gasteiger partial charge in [-0.1, -0.05) is 20.8 Å². The third-order valence-electron chi connectivity index (χ3n) is 3.81. The first kappa shape index (κ1) is 17.4. The Morgan fingerprint density at radius 3 is 2.60 bits per heavy atom. The Morgan fingerprint density at radius 1 is 1.35 bits per heavy atom. The summed E-state index contributed by atoms with van der Waals surface area (Å²) in [6.07, 6.45) is 4.23. The zero-order valence-corrected chi connectivity index (χ0v) is 13.7. The van der Waals surface area contributed by atoms with Crippen molar-refractivity contribution in [3.63, 3.8) is 0 Å². The number of hydrogen-bond donors (Lipinski definition) is 1. The van der Waals surface area contributed by atoms with Crippen molar-refractivity contribution in [3.8, 4) is 0 Å². The molecule has 0 aromatic carbocycles. The Kier molecular flexibility index (Phi) is 6.96. The van der Waals surface area contributed by atoms with E-state index in [4.69, 9.17) is 5.11 Å². The van der Waals surface area contributed by atoms with Crippen LogP contribution in [0.1, 0.15) is 53.4 Å². The van der Waals surface area contributed by atoms with Crippen molar-refractivity contribution in [3.05, 3.63) is 0 Å². The van der Waals surface area contributed by atoms with Crippen LogP contribution in [-0.2, 0) is 4.79 Å². The van der Waals surface area contributed by atoms with Gasteiger partial charge in [0.1, 0.15) is 0 Å². The molecule has 0 aromatic rings. The second-order valence-corrected chi connectivity index (χ2v) is 7.28. The minimum atomic E-state index is 0.170. The monoisotopic (exact) mass is 284 g/mol. The average Bonchev–Trinajstić information content (AvgIpc) is 2.34. The highest BCUT2D eigenvalue weighted by molar-refractivity contribution is 5.78. The molecule has 1 unspecified atom stereocenters. The number of carbonyl (C=O) groups excluding carboxylic acids is 1. The topological polar surface area (TPSA) is 43.8 Å². The molecule has 1 aliphatic heterocycles. The summed E-state index contributed by atoms with van der Waals surface area (Å²) in [4.78, 5) is 16.7. The zero-order chi connectivity index (χ0) is 15.2. The van der Waals surface area contributed by atoms with Gasteiger partial charge in [0, 0.05) is 32.3 Å². The van der Waals surface area contributed by atoms with Crippen molar-refractivity contribution in [2.45, 2.75) is 59.4 Å². The average molecular weight is 284 g/mol. The summed E-state index contributed by atoms with van der Waals surface area (Å²) in [6.45, 7) is 12.0. The van der Waals surface area contributed by atoms with E-state index in [-0.39, 0.29) is 17.9 Å². The first-order chi connectivity index (χ1) is 9.33. The van der Waals surface area contributed by atoms with Crippen molar-refractivity contribution < 1.29 is 9.90 Å². The Morgan fingerprint density at radius 2 is 2.05 bits per heavy atom. The molecule has 1 aliphatic rings. The van der Waals surface area contributed by atoms with E-state index in [0.717, 1.165) is 38.9 Å². The normalized spacial score (nSPS) is 20.5. The van der Waals surface area contributed by atoms with Crippen LogP contribution in [0.4, 0.5) is 0 Å². The molecule has 1 fully saturated rings. The molecule has 118 valence electrons. The van der Waals surface area contributed by atoms with Crippen molar-refractivity contribution in [1.82, 2.24) is 9.80 Å². The van der Waals surface area contributed by atoms with Crippen molar-refractivity contribution in [2.75, 3.05) is 32.8 Å². The second kappa shape index (κ2) is 7.99. The van der Waals surface area contributed by atoms with Gasteiger partial charge in [-0.05, 0) is 38.0 Å². The van der Waals surface area contributed by atoms with Crippen LogP contribution in [-0.4, -0.2) is 59.6 Å². The highest BCUT2D eigenvalue weighted by atomic mass is 16.3. The molecule has 1 amide bonds. The summed E-state index contributed by atoms with van der Waals surface area (Å²) in [5.74, 6) is 0.249. The standard InChI is InChI=1S/C16H32N2O2/c1-14-8-5-6-10-18(14)15(20)12-17(9-7-11-19)13-16(2,3)4/h14,19H,5-13H2,1-4H3. The van der Waals surface area contributed by atoms with Crippen LogP contribution in [0, 0.1) is 5.41 Å². The maximum Gasteiger partial charge on any atom is 0.236 e. The molecular formula is C16H32N2O2. The predicted octanol–water partition coefficient (Wildman–Crippen LogP) is 2.12. The van der Waals surface area contributed by atoms with Crippen molar-refractivity contribution in [2.24, 2.45) is 5.41 Å². The van der Waals surface area contributed by atoms with Gasteiger partial charge in [0.15, 0.2) is 0 Å². The quantitative estimate of drug-likeness (QED) is 0.812. The lowest BCUT2D eigenvalue weighted by molar-refractivity contribution is -0.136. The summed E-state index contributed by atoms with van der Waals surface area (Å²) < 4.78 is 0. The van der Waals surface area contributed by atoms with Gasteiger partial charge < -0.3 is 10.0 Å². The Labute approximate surface area is 124 Å². The van der Waals surface area contributed by atoms with Crippen molar-refractivity contribution in [1.29, 1.82) is 0 Å². The van der Waals surface area contributed by atoms with E-state index in [1.165, 1.54) is 6.42 Å². The molecular weight excluding hydrogens is 252 g/mol. The smallest absolute Gasteiger partial charge is 0.236 e. The molecule has 4 heteroatoms. The van der Waals surface area contributed by atoms with Crippen LogP contribution >= 0.6 is 0 Å². The molecule has 1 N–H and O–H groups in total. The Bertz CT molecular complexity index is 299. The van der Waals surface area contributed by atoms with Crippen molar-refractivity contribution >= 4 is 5.91 Å². The number of likely N-dealkylation sites (tertiary alicyclic amines) is 1. The molecule has 0 aliphatic carbocycles. The fraction of sp³-hybridized carbons (Fsp3) is 0.938. The number of nitrogens with zero attached hydrogens (tertiary/aromatic N) is 2. The summed E-state index contributed by atoms with van der Waals surface area (Å²) >= 11 is 0. The fourth-order valence-electron chi connectivity index (χ4n) is 2.93. The molecule has 4 nitrogen and oxygen atoms in total. The van der Waals surface area contributed by atoms with Crippen LogP contribution in [0.3, 0.4) is 0 Å². The molecule has 0 spiro atoms. The van der Waals surface area contributed by atoms with E-state index in [1.54, 1.807) is 0 Å². The van der Waals surface area contributed by atoms with Gasteiger partial charge >= 0.3 is 0 Å². The minimum Gasteiger partial charge on any atom is -0.396 e. The fourth-order valence-corrected chi connectivity index (χ4v) is 2.93. The van der Waals surface area contributed by atoms with Crippen LogP contribution in [0.2, 0.25) is 0 Å². The van der Waals surface area contributed by atoms with E-state index >= 15 is 0 Å². The van der Waals surface area contributed by atoms with Gasteiger partial charge in [-0.25, -0.2) is 0 Å². The van der Waals surface area contributed by atoms with Crippen LogP contribution in [0.15, 0.2) is 0 Å². The maximum absolute atomic E-state index is 12.5. The SMILES string of the molecule is CC1CCCCN1C(=O)CN(CCCO)CC(C)(C)C. The lowest BCUT2D eigenvalue weighted by Crippen LogP contribution is -2.48. The first-order valence-electron chi connectivity index (χ1n) is 7.96. The van der Waals surface area contributed by atoms with Crippen LogP contribution in [0.25, 0.3) is 0 Å². The number of piperidine rings is 1. The number of rotatable bonds is 6. The summed E-state index contributed by atoms with van der Waals surface area (Å²) in [7, 11) is 0. The molecule has 1 atom stereocenters. The molecule has 0 aromatic heterocycles. The number of amides is 1. The van der Waals surface area contributed by atoms with Gasteiger partial charge in [0.25, 0.3) is 0 Å². The minimum absolute atomic E-state index is 0.170. The second-order valence-electron chi connectivity index (χ2n) is 7.28. The van der Waals surface area contributed by atoms with Gasteiger partial charge in [-0.2, -0.15) is 0 Å². The van der Waals surface area contributed by atoms with Gasteiger partial charge in [0.05, 0.1) is 6.54 Å². The predicted molar refractivity (Wildman–Crippen MR) is 82.6 cm³/mol. The largest absolute Gasteiger partial charge is 0.396 e. The highest BCUT2D eigenvalue weighted by Crippen LogP contribution is 2.18. The molecule has 20 heavy (non-hydrogen) atoms. The van der Waals surface area contributed by atoms with E-state index in [0.29, 0.717) is 12.6 Å². The summed E-state index contributed by atoms with van der Waals surface area (Å²) in [5, 5.41) is 9.02. The van der Waals surface area contributed by atoms with E-state index in [9.17, 15) is 4.79 Å². The molecule has 0 bridgehead atoms. The first-order valence-corrected chi connectivity index (χ1v) is 7.96. The van der Waals surface area contributed by atoms with E-state index in [2.05, 4.69) is 32.6 Å². The number of aliphatic hydroxyl groups is 1. The lowest BCUT2D eigenvalue weighted by Gasteiger charge is -2.36. The number of aliphatic hydroxyl groups excluding tert-OH is 1. The van der Waals surface area contributed by atoms with Gasteiger partial charge in [0.2, 0.25) is 5.91 Å². The molecule has 1 rings (SSSR count). The molecule has 0 radical (unpaired) electrons. The Hall–Kier alpha value is -0.610. The number of hydrogen-bond acceptors (Lipinski definition) is 3. The van der Waals surface area contributed by atoms with E-state index < -0.39 is 0 Å². The summed E-state index contributed by atoms with van der Waals surface area (Å²) in [5.41, 5.74) is 0.170. The Balaban J connectivity index is 2.55. The summed E-state index contributed by atoms with van der Waals surface area (Å²) in [6, 6.07) is 0.380. The van der Waals surface area contributed by atoms with Gasteiger partial charge in [-0.3, -0.25) is 9.69 Å². The van der Waals surface area contributed by atoms with Crippen LogP contribution in [0.5, 0.6) is 0 Å². The van der Waals surface area contributed by atoms with Crippen LogP contribution < -0.4 is 0 Å². The van der Waals surface area contributed by atoms with Gasteiger partial charge in [-0.15, -0.1) is 0 Å². The lowest BCUT2D eigenvalue weighted by atomic mass is 9.96.